The molecule has 1 heterocycles. The fourth-order valence-corrected chi connectivity index (χ4v) is 2.54. The number of amides is 1. The Morgan fingerprint density at radius 2 is 2.11 bits per heavy atom. The quantitative estimate of drug-likeness (QED) is 0.823. The third kappa shape index (κ3) is 3.36. The molecule has 5 nitrogen and oxygen atoms in total. The number of hydrogen-bond donors (Lipinski definition) is 2. The molecule has 1 aliphatic carbocycles. The lowest BCUT2D eigenvalue weighted by Crippen LogP contribution is -2.35. The molecule has 0 aliphatic heterocycles. The average Bonchev–Trinajstić information content (AvgIpc) is 2.77. The van der Waals surface area contributed by atoms with Crippen LogP contribution < -0.4 is 5.32 Å². The highest BCUT2D eigenvalue weighted by molar-refractivity contribution is 6.02. The van der Waals surface area contributed by atoms with E-state index in [0.717, 1.165) is 25.7 Å². The summed E-state index contributed by atoms with van der Waals surface area (Å²) in [5.74, 6) is -0.986. The zero-order valence-electron chi connectivity index (χ0n) is 11.0. The second-order valence-electron chi connectivity index (χ2n) is 5.25. The van der Waals surface area contributed by atoms with Gasteiger partial charge in [0, 0.05) is 6.04 Å². The van der Waals surface area contributed by atoms with Gasteiger partial charge in [-0.2, -0.15) is 0 Å². The zero-order valence-corrected chi connectivity index (χ0v) is 11.0. The first-order chi connectivity index (χ1) is 9.08. The van der Waals surface area contributed by atoms with E-state index in [4.69, 9.17) is 9.52 Å². The third-order valence-electron chi connectivity index (χ3n) is 3.69. The predicted molar refractivity (Wildman–Crippen MR) is 69.2 cm³/mol. The first kappa shape index (κ1) is 13.6. The van der Waals surface area contributed by atoms with Crippen LogP contribution in [0.25, 0.3) is 0 Å². The van der Waals surface area contributed by atoms with Crippen molar-refractivity contribution in [2.24, 2.45) is 5.92 Å². The molecular formula is C14H19NO4. The molecule has 5 heteroatoms. The van der Waals surface area contributed by atoms with Crippen LogP contribution >= 0.6 is 0 Å². The summed E-state index contributed by atoms with van der Waals surface area (Å²) in [7, 11) is 0. The molecule has 2 rings (SSSR count). The van der Waals surface area contributed by atoms with Crippen molar-refractivity contribution in [1.29, 1.82) is 0 Å². The Morgan fingerprint density at radius 3 is 2.84 bits per heavy atom. The molecule has 104 valence electrons. The lowest BCUT2D eigenvalue weighted by atomic mass is 10.0. The van der Waals surface area contributed by atoms with Gasteiger partial charge in [-0.3, -0.25) is 4.79 Å². The molecule has 1 amide bonds. The molecule has 1 aromatic heterocycles. The molecule has 0 spiro atoms. The number of aromatic carboxylic acids is 1. The smallest absolute Gasteiger partial charge is 0.339 e. The van der Waals surface area contributed by atoms with Gasteiger partial charge in [-0.25, -0.2) is 4.79 Å². The fourth-order valence-electron chi connectivity index (χ4n) is 2.54. The van der Waals surface area contributed by atoms with Crippen LogP contribution in [-0.4, -0.2) is 23.0 Å². The number of carbonyl (C=O) groups excluding carboxylic acids is 1. The van der Waals surface area contributed by atoms with Gasteiger partial charge in [0.2, 0.25) is 5.76 Å². The normalized spacial score (nSPS) is 23.6. The van der Waals surface area contributed by atoms with E-state index in [1.54, 1.807) is 0 Å². The Kier molecular flexibility index (Phi) is 4.24. The number of nitrogens with one attached hydrogen (secondary N) is 1. The molecule has 0 radical (unpaired) electrons. The molecule has 2 atom stereocenters. The number of furan rings is 1. The van der Waals surface area contributed by atoms with Crippen molar-refractivity contribution in [1.82, 2.24) is 5.32 Å². The van der Waals surface area contributed by atoms with Crippen molar-refractivity contribution in [3.8, 4) is 0 Å². The Hall–Kier alpha value is -1.78. The summed E-state index contributed by atoms with van der Waals surface area (Å²) in [6.07, 6.45) is 6.49. The minimum Gasteiger partial charge on any atom is -0.478 e. The maximum atomic E-state index is 12.0. The summed E-state index contributed by atoms with van der Waals surface area (Å²) in [4.78, 5) is 23.0. The standard InChI is InChI=1S/C14H19NO4/c1-9-3-2-4-10(6-5-9)15-13(16)12-11(14(17)18)7-8-19-12/h7-10H,2-6H2,1H3,(H,15,16)(H,17,18). The van der Waals surface area contributed by atoms with E-state index >= 15 is 0 Å². The maximum Gasteiger partial charge on any atom is 0.339 e. The Bertz CT molecular complexity index is 466. The second-order valence-corrected chi connectivity index (χ2v) is 5.25. The van der Waals surface area contributed by atoms with Crippen LogP contribution in [0.1, 0.15) is 59.9 Å². The first-order valence-corrected chi connectivity index (χ1v) is 6.69. The first-order valence-electron chi connectivity index (χ1n) is 6.69. The summed E-state index contributed by atoms with van der Waals surface area (Å²) < 4.78 is 4.99. The largest absolute Gasteiger partial charge is 0.478 e. The molecule has 0 aromatic carbocycles. The van der Waals surface area contributed by atoms with Gasteiger partial charge >= 0.3 is 5.97 Å². The van der Waals surface area contributed by atoms with E-state index < -0.39 is 11.9 Å². The molecule has 2 N–H and O–H groups in total. The van der Waals surface area contributed by atoms with Gasteiger partial charge < -0.3 is 14.8 Å². The predicted octanol–water partition coefficient (Wildman–Crippen LogP) is 2.68. The lowest BCUT2D eigenvalue weighted by molar-refractivity contribution is 0.0687. The number of carboxylic acid groups (broad SMARTS) is 1. The summed E-state index contributed by atoms with van der Waals surface area (Å²) in [6, 6.07) is 1.41. The molecule has 1 aliphatic rings. The molecule has 1 fully saturated rings. The molecule has 1 aromatic rings. The SMILES string of the molecule is CC1CCCC(NC(=O)c2occc2C(=O)O)CC1. The third-order valence-corrected chi connectivity index (χ3v) is 3.69. The van der Waals surface area contributed by atoms with Gasteiger partial charge in [0.25, 0.3) is 5.91 Å². The molecule has 0 bridgehead atoms. The van der Waals surface area contributed by atoms with E-state index in [0.29, 0.717) is 5.92 Å². The van der Waals surface area contributed by atoms with Gasteiger partial charge in [-0.15, -0.1) is 0 Å². The zero-order chi connectivity index (χ0) is 13.8. The molecule has 19 heavy (non-hydrogen) atoms. The van der Waals surface area contributed by atoms with Crippen LogP contribution in [0.15, 0.2) is 16.7 Å². The summed E-state index contributed by atoms with van der Waals surface area (Å²) in [5, 5.41) is 11.8. The summed E-state index contributed by atoms with van der Waals surface area (Å²) in [5.41, 5.74) is -0.0838. The second kappa shape index (κ2) is 5.91. The fraction of sp³-hybridized carbons (Fsp3) is 0.571. The summed E-state index contributed by atoms with van der Waals surface area (Å²) >= 11 is 0. The van der Waals surface area contributed by atoms with E-state index in [2.05, 4.69) is 12.2 Å². The molecule has 0 saturated heterocycles. The average molecular weight is 265 g/mol. The lowest BCUT2D eigenvalue weighted by Gasteiger charge is -2.15. The Labute approximate surface area is 112 Å². The van der Waals surface area contributed by atoms with Crippen LogP contribution in [0.4, 0.5) is 0 Å². The van der Waals surface area contributed by atoms with Crippen LogP contribution in [-0.2, 0) is 0 Å². The van der Waals surface area contributed by atoms with Crippen molar-refractivity contribution >= 4 is 11.9 Å². The molecule has 1 saturated carbocycles. The van der Waals surface area contributed by atoms with E-state index in [1.165, 1.54) is 18.8 Å². The van der Waals surface area contributed by atoms with Crippen molar-refractivity contribution in [2.75, 3.05) is 0 Å². The maximum absolute atomic E-state index is 12.0. The number of carbonyl (C=O) groups is 2. The molecular weight excluding hydrogens is 246 g/mol. The van der Waals surface area contributed by atoms with E-state index in [1.807, 2.05) is 0 Å². The Balaban J connectivity index is 2.00. The highest BCUT2D eigenvalue weighted by Crippen LogP contribution is 2.23. The number of carboxylic acids is 1. The van der Waals surface area contributed by atoms with Crippen molar-refractivity contribution in [2.45, 2.75) is 45.1 Å². The van der Waals surface area contributed by atoms with Crippen molar-refractivity contribution in [3.05, 3.63) is 23.7 Å². The highest BCUT2D eigenvalue weighted by Gasteiger charge is 2.24. The highest BCUT2D eigenvalue weighted by atomic mass is 16.4. The van der Waals surface area contributed by atoms with Crippen molar-refractivity contribution in [3.63, 3.8) is 0 Å². The van der Waals surface area contributed by atoms with Gasteiger partial charge in [-0.05, 0) is 31.2 Å². The van der Waals surface area contributed by atoms with Gasteiger partial charge in [0.15, 0.2) is 0 Å². The van der Waals surface area contributed by atoms with E-state index in [-0.39, 0.29) is 17.4 Å². The van der Waals surface area contributed by atoms with Crippen LogP contribution in [0, 0.1) is 5.92 Å². The van der Waals surface area contributed by atoms with Gasteiger partial charge in [-0.1, -0.05) is 19.8 Å². The number of rotatable bonds is 3. The van der Waals surface area contributed by atoms with Crippen molar-refractivity contribution < 1.29 is 19.1 Å². The number of hydrogen-bond acceptors (Lipinski definition) is 3. The van der Waals surface area contributed by atoms with Crippen LogP contribution in [0.5, 0.6) is 0 Å². The minimum absolute atomic E-state index is 0.0838. The van der Waals surface area contributed by atoms with Gasteiger partial charge in [0.05, 0.1) is 6.26 Å². The van der Waals surface area contributed by atoms with E-state index in [9.17, 15) is 9.59 Å². The molecule has 2 unspecified atom stereocenters. The van der Waals surface area contributed by atoms with Gasteiger partial charge in [0.1, 0.15) is 5.56 Å². The summed E-state index contributed by atoms with van der Waals surface area (Å²) in [6.45, 7) is 2.22. The topological polar surface area (TPSA) is 79.5 Å². The van der Waals surface area contributed by atoms with Crippen LogP contribution in [0.2, 0.25) is 0 Å². The Morgan fingerprint density at radius 1 is 1.32 bits per heavy atom. The van der Waals surface area contributed by atoms with Crippen LogP contribution in [0.3, 0.4) is 0 Å². The minimum atomic E-state index is -1.15. The monoisotopic (exact) mass is 265 g/mol.